The highest BCUT2D eigenvalue weighted by molar-refractivity contribution is 5.79. The lowest BCUT2D eigenvalue weighted by atomic mass is 10.1. The molecule has 3 atom stereocenters. The van der Waals surface area contributed by atoms with Crippen LogP contribution in [0.2, 0.25) is 0 Å². The Labute approximate surface area is 114 Å². The molecule has 1 saturated carbocycles. The SMILES string of the molecule is [C-]#[N+]C[C@@H]1CC[C@H](NCC(=O)N2CCC[C@H]2C#N)C1. The van der Waals surface area contributed by atoms with Gasteiger partial charge in [-0.15, -0.1) is 0 Å². The van der Waals surface area contributed by atoms with E-state index in [1.165, 1.54) is 0 Å². The first-order valence-corrected chi connectivity index (χ1v) is 7.00. The van der Waals surface area contributed by atoms with Crippen molar-refractivity contribution in [2.75, 3.05) is 19.6 Å². The second-order valence-electron chi connectivity index (χ2n) is 5.47. The molecule has 5 heteroatoms. The summed E-state index contributed by atoms with van der Waals surface area (Å²) in [4.78, 5) is 17.2. The molecule has 0 spiro atoms. The second-order valence-corrected chi connectivity index (χ2v) is 5.47. The number of hydrogen-bond acceptors (Lipinski definition) is 3. The van der Waals surface area contributed by atoms with Crippen molar-refractivity contribution in [1.29, 1.82) is 5.26 Å². The van der Waals surface area contributed by atoms with Gasteiger partial charge in [-0.1, -0.05) is 0 Å². The highest BCUT2D eigenvalue weighted by atomic mass is 16.2. The molecule has 0 aromatic carbocycles. The van der Waals surface area contributed by atoms with Gasteiger partial charge in [-0.3, -0.25) is 4.79 Å². The highest BCUT2D eigenvalue weighted by Gasteiger charge is 2.30. The summed E-state index contributed by atoms with van der Waals surface area (Å²) < 4.78 is 0. The van der Waals surface area contributed by atoms with Crippen LogP contribution >= 0.6 is 0 Å². The molecule has 0 bridgehead atoms. The number of hydrogen-bond donors (Lipinski definition) is 1. The number of rotatable bonds is 4. The van der Waals surface area contributed by atoms with E-state index < -0.39 is 0 Å². The summed E-state index contributed by atoms with van der Waals surface area (Å²) in [6.45, 7) is 8.52. The number of nitrogens with one attached hydrogen (secondary N) is 1. The molecule has 1 N–H and O–H groups in total. The lowest BCUT2D eigenvalue weighted by Crippen LogP contribution is -2.42. The fourth-order valence-corrected chi connectivity index (χ4v) is 3.09. The van der Waals surface area contributed by atoms with E-state index in [9.17, 15) is 4.79 Å². The average Bonchev–Trinajstić information content (AvgIpc) is 3.05. The Morgan fingerprint density at radius 1 is 1.47 bits per heavy atom. The lowest BCUT2D eigenvalue weighted by Gasteiger charge is -2.21. The summed E-state index contributed by atoms with van der Waals surface area (Å²) >= 11 is 0. The largest absolute Gasteiger partial charge is 0.326 e. The standard InChI is InChI=1S/C14H20N4O/c1-16-9-11-4-5-12(7-11)17-10-14(19)18-6-2-3-13(18)8-15/h11-13,17H,2-7,9-10H2/t11-,12+,13+/m1/s1. The van der Waals surface area contributed by atoms with Gasteiger partial charge in [0, 0.05) is 18.5 Å². The first kappa shape index (κ1) is 13.8. The van der Waals surface area contributed by atoms with E-state index in [0.717, 1.165) is 32.1 Å². The second kappa shape index (κ2) is 6.54. The smallest absolute Gasteiger partial charge is 0.237 e. The first-order valence-electron chi connectivity index (χ1n) is 7.00. The molecule has 1 aliphatic carbocycles. The van der Waals surface area contributed by atoms with E-state index in [-0.39, 0.29) is 11.9 Å². The molecule has 0 aromatic heterocycles. The Morgan fingerprint density at radius 3 is 3.05 bits per heavy atom. The van der Waals surface area contributed by atoms with Crippen molar-refractivity contribution in [3.05, 3.63) is 11.4 Å². The van der Waals surface area contributed by atoms with Gasteiger partial charge in [-0.25, -0.2) is 6.57 Å². The molecule has 1 saturated heterocycles. The molecule has 2 rings (SSSR count). The maximum Gasteiger partial charge on any atom is 0.237 e. The normalized spacial score (nSPS) is 30.0. The van der Waals surface area contributed by atoms with E-state index in [1.807, 2.05) is 0 Å². The van der Waals surface area contributed by atoms with Crippen molar-refractivity contribution in [3.8, 4) is 6.07 Å². The third-order valence-electron chi connectivity index (χ3n) is 4.15. The number of likely N-dealkylation sites (tertiary alicyclic amines) is 1. The molecule has 1 amide bonds. The van der Waals surface area contributed by atoms with Gasteiger partial charge in [0.05, 0.1) is 12.6 Å². The molecule has 19 heavy (non-hydrogen) atoms. The van der Waals surface area contributed by atoms with Crippen molar-refractivity contribution >= 4 is 5.91 Å². The Hall–Kier alpha value is -1.59. The van der Waals surface area contributed by atoms with Crippen LogP contribution in [0.5, 0.6) is 0 Å². The van der Waals surface area contributed by atoms with Crippen molar-refractivity contribution in [2.45, 2.75) is 44.2 Å². The Bertz CT molecular complexity index is 409. The van der Waals surface area contributed by atoms with Gasteiger partial charge < -0.3 is 15.1 Å². The van der Waals surface area contributed by atoms with Crippen molar-refractivity contribution in [3.63, 3.8) is 0 Å². The highest BCUT2D eigenvalue weighted by Crippen LogP contribution is 2.25. The zero-order chi connectivity index (χ0) is 13.7. The van der Waals surface area contributed by atoms with Gasteiger partial charge in [-0.2, -0.15) is 5.26 Å². The molecule has 0 radical (unpaired) electrons. The number of nitriles is 1. The van der Waals surface area contributed by atoms with Gasteiger partial charge >= 0.3 is 0 Å². The molecule has 1 heterocycles. The fraction of sp³-hybridized carbons (Fsp3) is 0.786. The van der Waals surface area contributed by atoms with Crippen LogP contribution in [-0.4, -0.2) is 42.5 Å². The van der Waals surface area contributed by atoms with E-state index in [1.54, 1.807) is 4.90 Å². The number of carbonyl (C=O) groups excluding carboxylic acids is 1. The van der Waals surface area contributed by atoms with Gasteiger partial charge in [0.25, 0.3) is 0 Å². The van der Waals surface area contributed by atoms with Crippen LogP contribution < -0.4 is 5.32 Å². The number of carbonyl (C=O) groups is 1. The molecule has 102 valence electrons. The van der Waals surface area contributed by atoms with Crippen LogP contribution in [0.25, 0.3) is 4.85 Å². The summed E-state index contributed by atoms with van der Waals surface area (Å²) in [6.07, 6.45) is 4.87. The van der Waals surface area contributed by atoms with Crippen molar-refractivity contribution in [2.24, 2.45) is 5.92 Å². The molecule has 1 aliphatic heterocycles. The molecule has 0 aromatic rings. The minimum absolute atomic E-state index is 0.0395. The summed E-state index contributed by atoms with van der Waals surface area (Å²) in [7, 11) is 0. The summed E-state index contributed by atoms with van der Waals surface area (Å²) in [5.74, 6) is 0.529. The third kappa shape index (κ3) is 3.45. The predicted octanol–water partition coefficient (Wildman–Crippen LogP) is 1.18. The van der Waals surface area contributed by atoms with E-state index in [4.69, 9.17) is 11.8 Å². The molecule has 2 fully saturated rings. The van der Waals surface area contributed by atoms with E-state index in [2.05, 4.69) is 16.2 Å². The first-order chi connectivity index (χ1) is 9.24. The van der Waals surface area contributed by atoms with Crippen molar-refractivity contribution < 1.29 is 4.79 Å². The minimum Gasteiger partial charge on any atom is -0.326 e. The Kier molecular flexibility index (Phi) is 4.76. The molecular weight excluding hydrogens is 240 g/mol. The van der Waals surface area contributed by atoms with Crippen LogP contribution in [0, 0.1) is 23.8 Å². The lowest BCUT2D eigenvalue weighted by molar-refractivity contribution is -0.130. The van der Waals surface area contributed by atoms with Gasteiger partial charge in [0.15, 0.2) is 0 Å². The quantitative estimate of drug-likeness (QED) is 0.772. The number of amides is 1. The van der Waals surface area contributed by atoms with Gasteiger partial charge in [-0.05, 0) is 32.1 Å². The van der Waals surface area contributed by atoms with Crippen LogP contribution in [-0.2, 0) is 4.79 Å². The monoisotopic (exact) mass is 260 g/mol. The van der Waals surface area contributed by atoms with E-state index in [0.29, 0.717) is 31.6 Å². The Morgan fingerprint density at radius 2 is 2.32 bits per heavy atom. The van der Waals surface area contributed by atoms with E-state index >= 15 is 0 Å². The molecule has 0 unspecified atom stereocenters. The Balaban J connectivity index is 1.73. The summed E-state index contributed by atoms with van der Waals surface area (Å²) in [5.41, 5.74) is 0. The molecule has 2 aliphatic rings. The topological polar surface area (TPSA) is 60.5 Å². The predicted molar refractivity (Wildman–Crippen MR) is 70.9 cm³/mol. The van der Waals surface area contributed by atoms with Crippen molar-refractivity contribution in [1.82, 2.24) is 10.2 Å². The minimum atomic E-state index is -0.229. The molecule has 5 nitrogen and oxygen atoms in total. The van der Waals surface area contributed by atoms with Crippen LogP contribution in [0.15, 0.2) is 0 Å². The zero-order valence-corrected chi connectivity index (χ0v) is 11.1. The van der Waals surface area contributed by atoms with Crippen LogP contribution in [0.1, 0.15) is 32.1 Å². The molecular formula is C14H20N4O. The van der Waals surface area contributed by atoms with Crippen LogP contribution in [0.3, 0.4) is 0 Å². The maximum absolute atomic E-state index is 12.0. The summed E-state index contributed by atoms with van der Waals surface area (Å²) in [5, 5.41) is 12.3. The average molecular weight is 260 g/mol. The maximum atomic E-state index is 12.0. The zero-order valence-electron chi connectivity index (χ0n) is 11.1. The fourth-order valence-electron chi connectivity index (χ4n) is 3.09. The third-order valence-corrected chi connectivity index (χ3v) is 4.15. The van der Waals surface area contributed by atoms with Gasteiger partial charge in [0.2, 0.25) is 12.5 Å². The van der Waals surface area contributed by atoms with Crippen LogP contribution in [0.4, 0.5) is 0 Å². The van der Waals surface area contributed by atoms with Gasteiger partial charge in [0.1, 0.15) is 6.04 Å². The summed E-state index contributed by atoms with van der Waals surface area (Å²) in [6, 6.07) is 2.32. The number of nitrogens with zero attached hydrogens (tertiary/aromatic N) is 3.